The number of hydrogen-bond donors (Lipinski definition) is 1. The third kappa shape index (κ3) is 2.43. The molecule has 3 nitrogen and oxygen atoms in total. The lowest BCUT2D eigenvalue weighted by Gasteiger charge is -2.12. The van der Waals surface area contributed by atoms with Crippen molar-refractivity contribution >= 4 is 0 Å². The number of aliphatic hydroxyl groups excluding tert-OH is 1. The van der Waals surface area contributed by atoms with Gasteiger partial charge in [-0.1, -0.05) is 38.1 Å². The Balaban J connectivity index is 2.05. The Labute approximate surface area is 96.0 Å². The monoisotopic (exact) mass is 222 g/mol. The second-order valence-electron chi connectivity index (χ2n) is 4.43. The number of rotatable bonds is 3. The second-order valence-corrected chi connectivity index (χ2v) is 4.43. The molecule has 16 heavy (non-hydrogen) atoms. The molecular weight excluding hydrogens is 204 g/mol. The van der Waals surface area contributed by atoms with Crippen LogP contribution in [0.1, 0.15) is 37.2 Å². The van der Waals surface area contributed by atoms with Gasteiger partial charge in [-0.25, -0.2) is 0 Å². The molecule has 88 valence electrons. The fraction of sp³-hybridized carbons (Fsp3) is 0.538. The number of ether oxygens (including phenoxy) is 2. The summed E-state index contributed by atoms with van der Waals surface area (Å²) in [4.78, 5) is 0. The van der Waals surface area contributed by atoms with Crippen LogP contribution in [0.5, 0.6) is 0 Å². The molecule has 2 unspecified atom stereocenters. The van der Waals surface area contributed by atoms with Gasteiger partial charge in [0.2, 0.25) is 0 Å². The van der Waals surface area contributed by atoms with Gasteiger partial charge >= 0.3 is 0 Å². The highest BCUT2D eigenvalue weighted by molar-refractivity contribution is 5.25. The minimum atomic E-state index is -0.321. The smallest absolute Gasteiger partial charge is 0.184 e. The van der Waals surface area contributed by atoms with Crippen molar-refractivity contribution in [1.82, 2.24) is 0 Å². The zero-order valence-electron chi connectivity index (χ0n) is 9.72. The lowest BCUT2D eigenvalue weighted by molar-refractivity contribution is -0.0675. The molecule has 0 bridgehead atoms. The normalized spacial score (nSPS) is 25.2. The first-order valence-electron chi connectivity index (χ1n) is 5.68. The van der Waals surface area contributed by atoms with E-state index < -0.39 is 0 Å². The first-order valence-corrected chi connectivity index (χ1v) is 5.68. The number of benzene rings is 1. The molecule has 1 aromatic rings. The van der Waals surface area contributed by atoms with Crippen LogP contribution in [0.3, 0.4) is 0 Å². The summed E-state index contributed by atoms with van der Waals surface area (Å²) in [6.07, 6.45) is -0.506. The summed E-state index contributed by atoms with van der Waals surface area (Å²) in [6, 6.07) is 8.25. The summed E-state index contributed by atoms with van der Waals surface area (Å²) < 4.78 is 11.0. The van der Waals surface area contributed by atoms with Crippen molar-refractivity contribution < 1.29 is 14.6 Å². The second kappa shape index (κ2) is 4.95. The molecule has 1 heterocycles. The van der Waals surface area contributed by atoms with Crippen LogP contribution in [0.25, 0.3) is 0 Å². The fourth-order valence-electron chi connectivity index (χ4n) is 1.76. The third-order valence-electron chi connectivity index (χ3n) is 2.83. The maximum absolute atomic E-state index is 8.94. The molecule has 2 atom stereocenters. The van der Waals surface area contributed by atoms with Crippen molar-refractivity contribution in [3.8, 4) is 0 Å². The van der Waals surface area contributed by atoms with Crippen molar-refractivity contribution in [2.24, 2.45) is 0 Å². The predicted molar refractivity (Wildman–Crippen MR) is 61.2 cm³/mol. The Morgan fingerprint density at radius 3 is 2.50 bits per heavy atom. The van der Waals surface area contributed by atoms with Gasteiger partial charge < -0.3 is 14.6 Å². The van der Waals surface area contributed by atoms with Crippen molar-refractivity contribution in [3.05, 3.63) is 35.4 Å². The molecule has 1 N–H and O–H groups in total. The molecule has 1 aromatic carbocycles. The quantitative estimate of drug-likeness (QED) is 0.852. The van der Waals surface area contributed by atoms with Gasteiger partial charge in [-0.2, -0.15) is 0 Å². The highest BCUT2D eigenvalue weighted by Crippen LogP contribution is 2.27. The van der Waals surface area contributed by atoms with Crippen molar-refractivity contribution in [2.75, 3.05) is 13.2 Å². The van der Waals surface area contributed by atoms with Crippen LogP contribution in [0.15, 0.2) is 24.3 Å². The van der Waals surface area contributed by atoms with E-state index in [1.54, 1.807) is 0 Å². The van der Waals surface area contributed by atoms with Crippen LogP contribution in [0, 0.1) is 0 Å². The summed E-state index contributed by atoms with van der Waals surface area (Å²) in [6.45, 7) is 4.81. The Morgan fingerprint density at radius 1 is 1.31 bits per heavy atom. The van der Waals surface area contributed by atoms with E-state index in [1.165, 1.54) is 5.56 Å². The first-order chi connectivity index (χ1) is 7.70. The summed E-state index contributed by atoms with van der Waals surface area (Å²) in [7, 11) is 0. The van der Waals surface area contributed by atoms with Crippen molar-refractivity contribution in [3.63, 3.8) is 0 Å². The maximum Gasteiger partial charge on any atom is 0.184 e. The molecule has 0 radical (unpaired) electrons. The van der Waals surface area contributed by atoms with Crippen LogP contribution in [-0.2, 0) is 9.47 Å². The molecule has 1 saturated heterocycles. The molecule has 1 aliphatic heterocycles. The highest BCUT2D eigenvalue weighted by atomic mass is 16.7. The molecular formula is C13H18O3. The first kappa shape index (κ1) is 11.6. The molecule has 0 amide bonds. The number of hydrogen-bond acceptors (Lipinski definition) is 3. The lowest BCUT2D eigenvalue weighted by Crippen LogP contribution is -2.14. The standard InChI is InChI=1S/C13H18O3/c1-9(2)10-3-5-11(6-4-10)13-15-8-12(7-14)16-13/h3-6,9,12-14H,7-8H2,1-2H3. The summed E-state index contributed by atoms with van der Waals surface area (Å²) in [5.41, 5.74) is 2.32. The fourth-order valence-corrected chi connectivity index (χ4v) is 1.76. The van der Waals surface area contributed by atoms with Gasteiger partial charge in [0.05, 0.1) is 13.2 Å². The average molecular weight is 222 g/mol. The van der Waals surface area contributed by atoms with Gasteiger partial charge in [-0.3, -0.25) is 0 Å². The lowest BCUT2D eigenvalue weighted by atomic mass is 10.0. The minimum Gasteiger partial charge on any atom is -0.394 e. The van der Waals surface area contributed by atoms with E-state index in [4.69, 9.17) is 14.6 Å². The molecule has 0 spiro atoms. The number of aliphatic hydroxyl groups is 1. The van der Waals surface area contributed by atoms with E-state index in [-0.39, 0.29) is 19.0 Å². The van der Waals surface area contributed by atoms with Crippen LogP contribution in [0.2, 0.25) is 0 Å². The van der Waals surface area contributed by atoms with Crippen LogP contribution < -0.4 is 0 Å². The zero-order chi connectivity index (χ0) is 11.5. The molecule has 0 saturated carbocycles. The summed E-state index contributed by atoms with van der Waals surface area (Å²) in [5.74, 6) is 0.532. The Kier molecular flexibility index (Phi) is 3.59. The molecule has 3 heteroatoms. The van der Waals surface area contributed by atoms with Crippen LogP contribution in [-0.4, -0.2) is 24.4 Å². The van der Waals surface area contributed by atoms with E-state index in [2.05, 4.69) is 26.0 Å². The summed E-state index contributed by atoms with van der Waals surface area (Å²) >= 11 is 0. The van der Waals surface area contributed by atoms with Gasteiger partial charge in [0.25, 0.3) is 0 Å². The van der Waals surface area contributed by atoms with Crippen molar-refractivity contribution in [1.29, 1.82) is 0 Å². The van der Waals surface area contributed by atoms with Gasteiger partial charge in [0.15, 0.2) is 6.29 Å². The SMILES string of the molecule is CC(C)c1ccc(C2OCC(CO)O2)cc1. The average Bonchev–Trinajstić information content (AvgIpc) is 2.77. The third-order valence-corrected chi connectivity index (χ3v) is 2.83. The highest BCUT2D eigenvalue weighted by Gasteiger charge is 2.26. The molecule has 1 aliphatic rings. The van der Waals surface area contributed by atoms with E-state index in [0.717, 1.165) is 5.56 Å². The van der Waals surface area contributed by atoms with Gasteiger partial charge in [0.1, 0.15) is 6.10 Å². The van der Waals surface area contributed by atoms with Crippen LogP contribution >= 0.6 is 0 Å². The van der Waals surface area contributed by atoms with Gasteiger partial charge in [0, 0.05) is 5.56 Å². The predicted octanol–water partition coefficient (Wildman–Crippen LogP) is 2.22. The topological polar surface area (TPSA) is 38.7 Å². The van der Waals surface area contributed by atoms with Gasteiger partial charge in [-0.05, 0) is 11.5 Å². The largest absolute Gasteiger partial charge is 0.394 e. The summed E-state index contributed by atoms with van der Waals surface area (Å²) in [5, 5.41) is 8.94. The molecule has 0 aromatic heterocycles. The Morgan fingerprint density at radius 2 is 2.00 bits per heavy atom. The Bertz CT molecular complexity index is 332. The van der Waals surface area contributed by atoms with Gasteiger partial charge in [-0.15, -0.1) is 0 Å². The van der Waals surface area contributed by atoms with E-state index in [1.807, 2.05) is 12.1 Å². The van der Waals surface area contributed by atoms with E-state index in [9.17, 15) is 0 Å². The van der Waals surface area contributed by atoms with E-state index >= 15 is 0 Å². The van der Waals surface area contributed by atoms with Crippen molar-refractivity contribution in [2.45, 2.75) is 32.2 Å². The maximum atomic E-state index is 8.94. The van der Waals surface area contributed by atoms with E-state index in [0.29, 0.717) is 12.5 Å². The molecule has 0 aliphatic carbocycles. The molecule has 1 fully saturated rings. The Hall–Kier alpha value is -0.900. The molecule has 2 rings (SSSR count). The zero-order valence-corrected chi connectivity index (χ0v) is 9.72. The van der Waals surface area contributed by atoms with Crippen LogP contribution in [0.4, 0.5) is 0 Å². The minimum absolute atomic E-state index is 0.0145.